The van der Waals surface area contributed by atoms with Gasteiger partial charge < -0.3 is 19.0 Å². The van der Waals surface area contributed by atoms with Crippen LogP contribution >= 0.6 is 0 Å². The van der Waals surface area contributed by atoms with Crippen molar-refractivity contribution in [3.63, 3.8) is 0 Å². The van der Waals surface area contributed by atoms with Gasteiger partial charge in [-0.1, -0.05) is 19.1 Å². The summed E-state index contributed by atoms with van der Waals surface area (Å²) in [5.74, 6) is -1.33. The van der Waals surface area contributed by atoms with Gasteiger partial charge in [-0.2, -0.15) is 0 Å². The second-order valence-corrected chi connectivity index (χ2v) is 6.91. The summed E-state index contributed by atoms with van der Waals surface area (Å²) >= 11 is 0. The van der Waals surface area contributed by atoms with Gasteiger partial charge in [0, 0.05) is 23.5 Å². The van der Waals surface area contributed by atoms with Crippen molar-refractivity contribution in [1.29, 1.82) is 0 Å². The molecule has 0 fully saturated rings. The Hall–Kier alpha value is -3.61. The zero-order chi connectivity index (χ0) is 21.7. The van der Waals surface area contributed by atoms with Crippen molar-refractivity contribution in [3.8, 4) is 0 Å². The van der Waals surface area contributed by atoms with Gasteiger partial charge in [-0.3, -0.25) is 9.59 Å². The number of ketones is 1. The largest absolute Gasteiger partial charge is 0.459 e. The van der Waals surface area contributed by atoms with E-state index in [0.717, 1.165) is 24.4 Å². The van der Waals surface area contributed by atoms with E-state index in [1.807, 2.05) is 19.9 Å². The number of amides is 1. The molecule has 0 saturated heterocycles. The molecule has 1 aromatic carbocycles. The molecule has 0 bridgehead atoms. The van der Waals surface area contributed by atoms with E-state index in [1.165, 1.54) is 18.4 Å². The third-order valence-corrected chi connectivity index (χ3v) is 4.80. The van der Waals surface area contributed by atoms with Gasteiger partial charge in [0.25, 0.3) is 5.91 Å². The van der Waals surface area contributed by atoms with Gasteiger partial charge >= 0.3 is 5.97 Å². The van der Waals surface area contributed by atoms with Crippen LogP contribution in [0.2, 0.25) is 0 Å². The van der Waals surface area contributed by atoms with E-state index in [-0.39, 0.29) is 29.4 Å². The minimum atomic E-state index is -0.693. The monoisotopic (exact) mass is 408 g/mol. The maximum absolute atomic E-state index is 12.6. The molecule has 1 N–H and O–H groups in total. The predicted octanol–water partition coefficient (Wildman–Crippen LogP) is 4.40. The van der Waals surface area contributed by atoms with Crippen LogP contribution in [-0.2, 0) is 11.3 Å². The average Bonchev–Trinajstić information content (AvgIpc) is 3.37. The molecule has 0 aliphatic rings. The molecule has 30 heavy (non-hydrogen) atoms. The van der Waals surface area contributed by atoms with Crippen LogP contribution in [0.5, 0.6) is 0 Å². The zero-order valence-corrected chi connectivity index (χ0v) is 17.2. The lowest BCUT2D eigenvalue weighted by atomic mass is 10.1. The summed E-state index contributed by atoms with van der Waals surface area (Å²) < 4.78 is 12.4. The molecule has 3 aromatic rings. The number of aromatic nitrogens is 1. The number of nitrogens with one attached hydrogen (secondary N) is 1. The summed E-state index contributed by atoms with van der Waals surface area (Å²) in [4.78, 5) is 37.4. The first-order chi connectivity index (χ1) is 14.4. The molecule has 0 saturated carbocycles. The van der Waals surface area contributed by atoms with Crippen LogP contribution in [0.25, 0.3) is 0 Å². The molecule has 1 amide bonds. The highest BCUT2D eigenvalue weighted by Gasteiger charge is 2.20. The van der Waals surface area contributed by atoms with E-state index in [9.17, 15) is 14.4 Å². The van der Waals surface area contributed by atoms with Crippen molar-refractivity contribution in [1.82, 2.24) is 4.57 Å². The van der Waals surface area contributed by atoms with E-state index < -0.39 is 11.9 Å². The van der Waals surface area contributed by atoms with E-state index in [2.05, 4.69) is 16.8 Å². The number of carbonyl (C=O) groups is 3. The molecular weight excluding hydrogens is 384 g/mol. The Bertz CT molecular complexity index is 1060. The Morgan fingerprint density at radius 3 is 2.53 bits per heavy atom. The van der Waals surface area contributed by atoms with Crippen molar-refractivity contribution < 1.29 is 23.5 Å². The molecule has 0 aliphatic heterocycles. The third kappa shape index (κ3) is 4.51. The number of hydrogen-bond acceptors (Lipinski definition) is 5. The highest BCUT2D eigenvalue weighted by molar-refractivity contribution is 6.07. The molecule has 156 valence electrons. The summed E-state index contributed by atoms with van der Waals surface area (Å²) in [6, 6.07) is 11.4. The average molecular weight is 408 g/mol. The SMILES string of the molecule is CCCn1c(C)cc(C(=O)COC(=O)c2ccccc2NC(=O)c2ccco2)c1C. The zero-order valence-electron chi connectivity index (χ0n) is 17.2. The van der Waals surface area contributed by atoms with Crippen LogP contribution in [-0.4, -0.2) is 28.8 Å². The number of esters is 1. The predicted molar refractivity (Wildman–Crippen MR) is 112 cm³/mol. The highest BCUT2D eigenvalue weighted by Crippen LogP contribution is 2.19. The number of Topliss-reactive ketones (excluding diaryl/α,β-unsaturated/α-hetero) is 1. The van der Waals surface area contributed by atoms with E-state index in [0.29, 0.717) is 5.56 Å². The molecule has 0 spiro atoms. The Labute approximate surface area is 174 Å². The summed E-state index contributed by atoms with van der Waals surface area (Å²) in [7, 11) is 0. The van der Waals surface area contributed by atoms with Crippen LogP contribution in [0.4, 0.5) is 5.69 Å². The fourth-order valence-corrected chi connectivity index (χ4v) is 3.30. The molecular formula is C23H24N2O5. The second-order valence-electron chi connectivity index (χ2n) is 6.91. The molecule has 0 atom stereocenters. The van der Waals surface area contributed by atoms with E-state index in [4.69, 9.17) is 9.15 Å². The molecule has 0 unspecified atom stereocenters. The summed E-state index contributed by atoms with van der Waals surface area (Å²) in [6.07, 6.45) is 2.34. The lowest BCUT2D eigenvalue weighted by molar-refractivity contribution is 0.0475. The van der Waals surface area contributed by atoms with Crippen LogP contribution in [0, 0.1) is 13.8 Å². The fourth-order valence-electron chi connectivity index (χ4n) is 3.30. The van der Waals surface area contributed by atoms with Crippen LogP contribution in [0.1, 0.15) is 56.0 Å². The van der Waals surface area contributed by atoms with Crippen molar-refractivity contribution in [2.45, 2.75) is 33.7 Å². The number of rotatable bonds is 8. The van der Waals surface area contributed by atoms with E-state index in [1.54, 1.807) is 24.3 Å². The van der Waals surface area contributed by atoms with Gasteiger partial charge in [0.2, 0.25) is 5.78 Å². The molecule has 3 rings (SSSR count). The quantitative estimate of drug-likeness (QED) is 0.441. The van der Waals surface area contributed by atoms with Crippen LogP contribution in [0.15, 0.2) is 53.1 Å². The van der Waals surface area contributed by atoms with Crippen LogP contribution in [0.3, 0.4) is 0 Å². The van der Waals surface area contributed by atoms with Crippen LogP contribution < -0.4 is 5.32 Å². The van der Waals surface area contributed by atoms with E-state index >= 15 is 0 Å². The number of carbonyl (C=O) groups excluding carboxylic acids is 3. The second kappa shape index (κ2) is 9.26. The maximum Gasteiger partial charge on any atom is 0.340 e. The first-order valence-corrected chi connectivity index (χ1v) is 9.73. The Kier molecular flexibility index (Phi) is 6.51. The Morgan fingerprint density at radius 1 is 1.07 bits per heavy atom. The molecule has 0 aliphatic carbocycles. The number of nitrogens with zero attached hydrogens (tertiary/aromatic N) is 1. The Morgan fingerprint density at radius 2 is 1.83 bits per heavy atom. The topological polar surface area (TPSA) is 90.5 Å². The lowest BCUT2D eigenvalue weighted by Gasteiger charge is -2.10. The first kappa shape index (κ1) is 21.1. The van der Waals surface area contributed by atoms with Crippen molar-refractivity contribution in [2.75, 3.05) is 11.9 Å². The smallest absolute Gasteiger partial charge is 0.340 e. The standard InChI is InChI=1S/C23H24N2O5/c1-4-11-25-15(2)13-18(16(25)3)20(26)14-30-23(28)17-8-5-6-9-19(17)24-22(27)21-10-7-12-29-21/h5-10,12-13H,4,11,14H2,1-3H3,(H,24,27). The minimum absolute atomic E-state index is 0.121. The van der Waals surface area contributed by atoms with Gasteiger partial charge in [0.15, 0.2) is 12.4 Å². The first-order valence-electron chi connectivity index (χ1n) is 9.73. The minimum Gasteiger partial charge on any atom is -0.459 e. The lowest BCUT2D eigenvalue weighted by Crippen LogP contribution is -2.18. The maximum atomic E-state index is 12.6. The number of para-hydroxylation sites is 1. The normalized spacial score (nSPS) is 10.6. The number of furan rings is 1. The number of benzene rings is 1. The van der Waals surface area contributed by atoms with Gasteiger partial charge in [-0.05, 0) is 50.6 Å². The molecule has 2 aromatic heterocycles. The summed E-state index contributed by atoms with van der Waals surface area (Å²) in [5.41, 5.74) is 2.84. The molecule has 7 nitrogen and oxygen atoms in total. The number of anilines is 1. The van der Waals surface area contributed by atoms with Crippen molar-refractivity contribution in [3.05, 3.63) is 77.0 Å². The van der Waals surface area contributed by atoms with Gasteiger partial charge in [-0.25, -0.2) is 4.79 Å². The van der Waals surface area contributed by atoms with Gasteiger partial charge in [0.1, 0.15) is 0 Å². The highest BCUT2D eigenvalue weighted by atomic mass is 16.5. The van der Waals surface area contributed by atoms with Crippen molar-refractivity contribution >= 4 is 23.3 Å². The number of ether oxygens (including phenoxy) is 1. The number of aryl methyl sites for hydroxylation is 1. The van der Waals surface area contributed by atoms with Crippen molar-refractivity contribution in [2.24, 2.45) is 0 Å². The molecule has 7 heteroatoms. The molecule has 2 heterocycles. The number of hydrogen-bond donors (Lipinski definition) is 1. The fraction of sp³-hybridized carbons (Fsp3) is 0.261. The Balaban J connectivity index is 1.69. The summed E-state index contributed by atoms with van der Waals surface area (Å²) in [6.45, 7) is 6.36. The third-order valence-electron chi connectivity index (χ3n) is 4.80. The van der Waals surface area contributed by atoms with Gasteiger partial charge in [0.05, 0.1) is 17.5 Å². The summed E-state index contributed by atoms with van der Waals surface area (Å²) in [5, 5.41) is 2.63. The van der Waals surface area contributed by atoms with Gasteiger partial charge in [-0.15, -0.1) is 0 Å². The molecule has 0 radical (unpaired) electrons.